The maximum atomic E-state index is 12.9. The van der Waals surface area contributed by atoms with Crippen LogP contribution in [0.2, 0.25) is 0 Å². The number of ether oxygens (including phenoxy) is 2. The van der Waals surface area contributed by atoms with Gasteiger partial charge in [-0.3, -0.25) is 4.79 Å². The van der Waals surface area contributed by atoms with Crippen molar-refractivity contribution in [3.63, 3.8) is 0 Å². The van der Waals surface area contributed by atoms with Crippen LogP contribution in [0.5, 0.6) is 5.75 Å². The van der Waals surface area contributed by atoms with Crippen LogP contribution in [0, 0.1) is 11.8 Å². The maximum Gasteiger partial charge on any atom is 0.364 e. The van der Waals surface area contributed by atoms with Crippen molar-refractivity contribution in [2.75, 3.05) is 7.11 Å². The summed E-state index contributed by atoms with van der Waals surface area (Å²) in [6, 6.07) is 17.0. The van der Waals surface area contributed by atoms with Gasteiger partial charge in [0.2, 0.25) is 0 Å². The normalized spacial score (nSPS) is 29.0. The fourth-order valence-electron chi connectivity index (χ4n) is 4.45. The molecule has 2 aromatic carbocycles. The van der Waals surface area contributed by atoms with Gasteiger partial charge in [0.15, 0.2) is 11.6 Å². The average Bonchev–Trinajstić information content (AvgIpc) is 2.97. The predicted molar refractivity (Wildman–Crippen MR) is 89.7 cm³/mol. The summed E-state index contributed by atoms with van der Waals surface area (Å²) < 4.78 is 10.6. The molecule has 4 rings (SSSR count). The molecule has 5 nitrogen and oxygen atoms in total. The lowest BCUT2D eigenvalue weighted by molar-refractivity contribution is -0.730. The number of hydrogen-bond donors (Lipinski definition) is 1. The van der Waals surface area contributed by atoms with Gasteiger partial charge in [-0.25, -0.2) is 4.79 Å². The highest BCUT2D eigenvalue weighted by atomic mass is 35.5. The molecule has 0 amide bonds. The lowest BCUT2D eigenvalue weighted by atomic mass is 9.70. The molecule has 136 valence electrons. The molecular formula is C20H20ClNO4. The Balaban J connectivity index is 0.00000196. The van der Waals surface area contributed by atoms with E-state index in [-0.39, 0.29) is 30.3 Å². The van der Waals surface area contributed by atoms with Gasteiger partial charge in [-0.2, -0.15) is 0 Å². The van der Waals surface area contributed by atoms with Crippen LogP contribution < -0.4 is 22.5 Å². The summed E-state index contributed by atoms with van der Waals surface area (Å²) in [6.07, 6.45) is 0. The zero-order valence-electron chi connectivity index (χ0n) is 14.5. The summed E-state index contributed by atoms with van der Waals surface area (Å²) in [5, 5.41) is 1.99. The number of halogens is 1. The average molecular weight is 374 g/mol. The van der Waals surface area contributed by atoms with Crippen LogP contribution in [0.15, 0.2) is 54.6 Å². The Morgan fingerprint density at radius 1 is 1.12 bits per heavy atom. The van der Waals surface area contributed by atoms with E-state index >= 15 is 0 Å². The van der Waals surface area contributed by atoms with E-state index in [2.05, 4.69) is 0 Å². The summed E-state index contributed by atoms with van der Waals surface area (Å²) in [4.78, 5) is 25.2. The number of fused-ring (bicyclic) bond motifs is 3. The molecule has 0 aliphatic carbocycles. The topological polar surface area (TPSA) is 69.2 Å². The Morgan fingerprint density at radius 2 is 1.77 bits per heavy atom. The minimum absolute atomic E-state index is 0. The molecule has 2 aliphatic rings. The molecule has 0 spiro atoms. The Kier molecular flexibility index (Phi) is 4.78. The standard InChI is InChI=1S/C20H19NO4.ClH/c1-12-16-18(22)25-15-11-7-6-10-14(15)20(16,13-8-4-3-5-9-13)21-17(12)19(23)24-2;/h3-12,16-17,21H,1-2H3;1H/t12-,16+,17-,20-;/m0./s1. The Bertz CT molecular complexity index is 841. The smallest absolute Gasteiger partial charge is 0.364 e. The molecule has 0 radical (unpaired) electrons. The molecule has 0 unspecified atom stereocenters. The van der Waals surface area contributed by atoms with Gasteiger partial charge >= 0.3 is 11.9 Å². The number of para-hydroxylation sites is 1. The van der Waals surface area contributed by atoms with Gasteiger partial charge in [-0.1, -0.05) is 49.4 Å². The van der Waals surface area contributed by atoms with Crippen LogP contribution in [0.3, 0.4) is 0 Å². The second-order valence-electron chi connectivity index (χ2n) is 6.70. The van der Waals surface area contributed by atoms with E-state index in [0.717, 1.165) is 11.1 Å². The van der Waals surface area contributed by atoms with Gasteiger partial charge < -0.3 is 27.2 Å². The number of rotatable bonds is 2. The number of carbonyl (C=O) groups is 2. The first-order valence-electron chi connectivity index (χ1n) is 8.40. The van der Waals surface area contributed by atoms with Crippen LogP contribution in [0.25, 0.3) is 0 Å². The van der Waals surface area contributed by atoms with Crippen molar-refractivity contribution in [2.45, 2.75) is 18.5 Å². The van der Waals surface area contributed by atoms with Crippen LogP contribution in [-0.2, 0) is 19.9 Å². The highest BCUT2D eigenvalue weighted by Crippen LogP contribution is 2.48. The molecule has 1 saturated heterocycles. The Labute approximate surface area is 158 Å². The molecular weight excluding hydrogens is 354 g/mol. The summed E-state index contributed by atoms with van der Waals surface area (Å²) in [5.41, 5.74) is 1.22. The molecule has 2 heterocycles. The SMILES string of the molecule is COC(=O)[C@H]1[NH2+][C@@]2(c3ccccc3)c3ccccc3OC(=O)[C@H]2[C@@H]1C.[Cl-]. The van der Waals surface area contributed by atoms with Gasteiger partial charge in [0.25, 0.3) is 0 Å². The van der Waals surface area contributed by atoms with Crippen LogP contribution in [-0.4, -0.2) is 25.1 Å². The molecule has 1 fully saturated rings. The minimum atomic E-state index is -0.689. The van der Waals surface area contributed by atoms with E-state index in [9.17, 15) is 9.59 Å². The number of hydrogen-bond acceptors (Lipinski definition) is 4. The van der Waals surface area contributed by atoms with Gasteiger partial charge in [0, 0.05) is 11.5 Å². The third kappa shape index (κ3) is 2.42. The summed E-state index contributed by atoms with van der Waals surface area (Å²) in [7, 11) is 1.38. The van der Waals surface area contributed by atoms with Crippen molar-refractivity contribution in [3.8, 4) is 5.75 Å². The van der Waals surface area contributed by atoms with Crippen LogP contribution in [0.4, 0.5) is 0 Å². The first-order chi connectivity index (χ1) is 12.1. The number of benzene rings is 2. The Hall–Kier alpha value is -2.37. The number of carbonyl (C=O) groups excluding carboxylic acids is 2. The van der Waals surface area contributed by atoms with E-state index in [1.807, 2.05) is 60.8 Å². The molecule has 0 saturated carbocycles. The first kappa shape index (κ1) is 18.4. The van der Waals surface area contributed by atoms with E-state index in [0.29, 0.717) is 5.75 Å². The van der Waals surface area contributed by atoms with E-state index in [4.69, 9.17) is 9.47 Å². The third-order valence-corrected chi connectivity index (χ3v) is 5.55. The second kappa shape index (κ2) is 6.74. The van der Waals surface area contributed by atoms with Crippen molar-refractivity contribution < 1.29 is 36.8 Å². The summed E-state index contributed by atoms with van der Waals surface area (Å²) >= 11 is 0. The predicted octanol–water partition coefficient (Wildman–Crippen LogP) is -1.78. The zero-order chi connectivity index (χ0) is 17.6. The fraction of sp³-hybridized carbons (Fsp3) is 0.300. The molecule has 0 aromatic heterocycles. The lowest BCUT2D eigenvalue weighted by Crippen LogP contribution is -3.00. The molecule has 2 aliphatic heterocycles. The molecule has 2 aromatic rings. The molecule has 0 bridgehead atoms. The van der Waals surface area contributed by atoms with Gasteiger partial charge in [0.1, 0.15) is 11.7 Å². The zero-order valence-corrected chi connectivity index (χ0v) is 15.3. The maximum absolute atomic E-state index is 12.9. The minimum Gasteiger partial charge on any atom is -1.00 e. The summed E-state index contributed by atoms with van der Waals surface area (Å²) in [5.74, 6) is -0.732. The number of esters is 2. The molecule has 26 heavy (non-hydrogen) atoms. The molecule has 4 atom stereocenters. The van der Waals surface area contributed by atoms with Gasteiger partial charge in [-0.05, 0) is 12.1 Å². The van der Waals surface area contributed by atoms with E-state index in [1.165, 1.54) is 7.11 Å². The van der Waals surface area contributed by atoms with Gasteiger partial charge in [0.05, 0.1) is 12.7 Å². The van der Waals surface area contributed by atoms with Crippen molar-refractivity contribution in [2.24, 2.45) is 11.8 Å². The van der Waals surface area contributed by atoms with Gasteiger partial charge in [-0.15, -0.1) is 0 Å². The number of nitrogens with two attached hydrogens (primary N) is 1. The third-order valence-electron chi connectivity index (χ3n) is 5.55. The highest BCUT2D eigenvalue weighted by Gasteiger charge is 2.66. The van der Waals surface area contributed by atoms with E-state index in [1.54, 1.807) is 6.07 Å². The van der Waals surface area contributed by atoms with Crippen molar-refractivity contribution in [3.05, 3.63) is 65.7 Å². The fourth-order valence-corrected chi connectivity index (χ4v) is 4.45. The van der Waals surface area contributed by atoms with Crippen LogP contribution >= 0.6 is 0 Å². The van der Waals surface area contributed by atoms with Crippen molar-refractivity contribution in [1.82, 2.24) is 0 Å². The monoisotopic (exact) mass is 373 g/mol. The largest absolute Gasteiger partial charge is 1.00 e. The van der Waals surface area contributed by atoms with Crippen LogP contribution in [0.1, 0.15) is 18.1 Å². The lowest BCUT2D eigenvalue weighted by Gasteiger charge is -2.37. The quantitative estimate of drug-likeness (QED) is 0.499. The van der Waals surface area contributed by atoms with Crippen molar-refractivity contribution in [1.29, 1.82) is 0 Å². The highest BCUT2D eigenvalue weighted by molar-refractivity contribution is 5.84. The molecule has 2 N–H and O–H groups in total. The number of quaternary nitrogens is 1. The summed E-state index contributed by atoms with van der Waals surface area (Å²) in [6.45, 7) is 1.92. The first-order valence-corrected chi connectivity index (χ1v) is 8.40. The Morgan fingerprint density at radius 3 is 2.46 bits per heavy atom. The molecule has 6 heteroatoms. The second-order valence-corrected chi connectivity index (χ2v) is 6.70. The van der Waals surface area contributed by atoms with Crippen molar-refractivity contribution >= 4 is 11.9 Å². The number of methoxy groups -OCH3 is 1. The van der Waals surface area contributed by atoms with E-state index < -0.39 is 17.5 Å².